The monoisotopic (exact) mass is 671 g/mol. The Morgan fingerprint density at radius 2 is 1.65 bits per heavy atom. The molecule has 2 heterocycles. The first kappa shape index (κ1) is 34.6. The van der Waals surface area contributed by atoms with Gasteiger partial charge in [0.2, 0.25) is 15.9 Å². The van der Waals surface area contributed by atoms with E-state index in [0.717, 1.165) is 15.9 Å². The highest BCUT2D eigenvalue weighted by molar-refractivity contribution is 7.89. The molecule has 46 heavy (non-hydrogen) atoms. The van der Waals surface area contributed by atoms with Crippen LogP contribution < -0.4 is 26.0 Å². The Bertz CT molecular complexity index is 1680. The number of amides is 5. The van der Waals surface area contributed by atoms with Crippen molar-refractivity contribution in [3.8, 4) is 5.75 Å². The van der Waals surface area contributed by atoms with E-state index in [1.807, 2.05) is 0 Å². The summed E-state index contributed by atoms with van der Waals surface area (Å²) in [4.78, 5) is 51.3. The van der Waals surface area contributed by atoms with Gasteiger partial charge < -0.3 is 15.8 Å². The summed E-state index contributed by atoms with van der Waals surface area (Å²) in [5, 5.41) is 4.68. The van der Waals surface area contributed by atoms with Crippen LogP contribution in [0.1, 0.15) is 53.7 Å². The normalized spacial score (nSPS) is 18.3. The number of halogens is 4. The zero-order chi connectivity index (χ0) is 34.4. The summed E-state index contributed by atoms with van der Waals surface area (Å²) in [5.41, 5.74) is 4.96. The predicted octanol–water partition coefficient (Wildman–Crippen LogP) is 2.80. The highest BCUT2D eigenvalue weighted by Gasteiger charge is 2.47. The Morgan fingerprint density at radius 3 is 2.15 bits per heavy atom. The SMILES string of the molecule is Cc1cc(N2C(=O)NC(=O)C2(C)C)cc(C)c1CCS(=O)(=O)N1CCC(NC(=O)c2ccc(F)c(OC(F)(F)F)c2)(C(N)=O)CC1. The smallest absolute Gasteiger partial charge is 0.403 e. The lowest BCUT2D eigenvalue weighted by Gasteiger charge is -2.39. The number of aryl methyl sites for hydroxylation is 2. The van der Waals surface area contributed by atoms with Gasteiger partial charge in [0, 0.05) is 24.3 Å². The topological polar surface area (TPSA) is 168 Å². The third kappa shape index (κ3) is 6.94. The number of alkyl halides is 3. The minimum absolute atomic E-state index is 0.121. The quantitative estimate of drug-likeness (QED) is 0.272. The molecule has 2 aromatic carbocycles. The number of carbonyl (C=O) groups is 4. The molecule has 12 nitrogen and oxygen atoms in total. The number of urea groups is 1. The average molecular weight is 672 g/mol. The first-order valence-corrected chi connectivity index (χ1v) is 15.7. The molecule has 4 rings (SSSR count). The number of nitrogens with one attached hydrogen (secondary N) is 2. The van der Waals surface area contributed by atoms with Crippen molar-refractivity contribution in [1.29, 1.82) is 0 Å². The van der Waals surface area contributed by atoms with Gasteiger partial charge in [-0.25, -0.2) is 21.9 Å². The second-order valence-electron chi connectivity index (χ2n) is 11.8. The summed E-state index contributed by atoms with van der Waals surface area (Å²) < 4.78 is 83.0. The molecular weight excluding hydrogens is 638 g/mol. The van der Waals surface area contributed by atoms with E-state index < -0.39 is 68.3 Å². The molecule has 0 aromatic heterocycles. The summed E-state index contributed by atoms with van der Waals surface area (Å²) >= 11 is 0. The Balaban J connectivity index is 1.43. The summed E-state index contributed by atoms with van der Waals surface area (Å²) in [7, 11) is -3.88. The van der Waals surface area contributed by atoms with Gasteiger partial charge in [-0.05, 0) is 94.0 Å². The first-order chi connectivity index (χ1) is 21.2. The number of nitrogens with zero attached hydrogens (tertiary/aromatic N) is 2. The second kappa shape index (κ2) is 12.2. The first-order valence-electron chi connectivity index (χ1n) is 14.1. The molecule has 2 aromatic rings. The van der Waals surface area contributed by atoms with Crippen LogP contribution in [0.4, 0.5) is 28.0 Å². The minimum Gasteiger partial charge on any atom is -0.403 e. The largest absolute Gasteiger partial charge is 0.573 e. The molecule has 5 amide bonds. The van der Waals surface area contributed by atoms with Gasteiger partial charge in [0.1, 0.15) is 11.1 Å². The molecule has 0 unspecified atom stereocenters. The van der Waals surface area contributed by atoms with Crippen LogP contribution in [0, 0.1) is 19.7 Å². The van der Waals surface area contributed by atoms with Crippen molar-refractivity contribution in [2.75, 3.05) is 23.7 Å². The van der Waals surface area contributed by atoms with Crippen LogP contribution in [0.15, 0.2) is 30.3 Å². The third-order valence-corrected chi connectivity index (χ3v) is 10.2. The Hall–Kier alpha value is -4.25. The molecule has 2 aliphatic heterocycles. The van der Waals surface area contributed by atoms with Crippen molar-refractivity contribution in [2.24, 2.45) is 5.73 Å². The number of hydrogen-bond donors (Lipinski definition) is 3. The minimum atomic E-state index is -5.21. The van der Waals surface area contributed by atoms with E-state index in [1.165, 1.54) is 4.90 Å². The van der Waals surface area contributed by atoms with E-state index in [0.29, 0.717) is 28.9 Å². The molecule has 250 valence electrons. The zero-order valence-electron chi connectivity index (χ0n) is 25.4. The van der Waals surface area contributed by atoms with E-state index >= 15 is 0 Å². The second-order valence-corrected chi connectivity index (χ2v) is 13.9. The van der Waals surface area contributed by atoms with Crippen molar-refractivity contribution in [3.63, 3.8) is 0 Å². The van der Waals surface area contributed by atoms with Crippen LogP contribution in [0.3, 0.4) is 0 Å². The van der Waals surface area contributed by atoms with E-state index in [4.69, 9.17) is 5.73 Å². The zero-order valence-corrected chi connectivity index (χ0v) is 26.2. The molecule has 0 bridgehead atoms. The van der Waals surface area contributed by atoms with Gasteiger partial charge in [0.25, 0.3) is 11.8 Å². The van der Waals surface area contributed by atoms with Crippen molar-refractivity contribution < 1.29 is 49.9 Å². The summed E-state index contributed by atoms with van der Waals surface area (Å²) in [5.74, 6) is -5.35. The molecule has 4 N–H and O–H groups in total. The molecule has 0 atom stereocenters. The number of sulfonamides is 1. The molecule has 2 fully saturated rings. The lowest BCUT2D eigenvalue weighted by molar-refractivity contribution is -0.275. The molecule has 0 radical (unpaired) electrons. The van der Waals surface area contributed by atoms with E-state index in [1.54, 1.807) is 39.8 Å². The van der Waals surface area contributed by atoms with E-state index in [2.05, 4.69) is 15.4 Å². The number of primary amides is 1. The maximum atomic E-state index is 13.8. The molecule has 0 aliphatic carbocycles. The van der Waals surface area contributed by atoms with Crippen LogP contribution in [0.2, 0.25) is 0 Å². The van der Waals surface area contributed by atoms with Crippen molar-refractivity contribution in [1.82, 2.24) is 14.9 Å². The van der Waals surface area contributed by atoms with E-state index in [-0.39, 0.29) is 38.1 Å². The van der Waals surface area contributed by atoms with Gasteiger partial charge in [-0.2, -0.15) is 0 Å². The average Bonchev–Trinajstić information content (AvgIpc) is 3.13. The number of nitrogens with two attached hydrogens (primary N) is 1. The number of anilines is 1. The number of carbonyl (C=O) groups excluding carboxylic acids is 4. The van der Waals surface area contributed by atoms with Crippen molar-refractivity contribution in [3.05, 3.63) is 58.4 Å². The standard InChI is InChI=1S/C29H33F4N5O7S/c1-16-13-19(38-26(42)35-25(41)27(38,3)4)14-17(2)20(16)7-12-46(43,44)37-10-8-28(9-11-37,24(34)40)36-23(39)18-5-6-21(30)22(15-18)45-29(31,32)33/h5-6,13-15H,7-12H2,1-4H3,(H2,34,40)(H,36,39)(H,35,41,42). The Labute approximate surface area is 262 Å². The molecule has 0 saturated carbocycles. The number of ether oxygens (including phenoxy) is 1. The fraction of sp³-hybridized carbons (Fsp3) is 0.448. The molecule has 2 saturated heterocycles. The maximum absolute atomic E-state index is 13.8. The third-order valence-electron chi connectivity index (χ3n) is 8.30. The lowest BCUT2D eigenvalue weighted by Crippen LogP contribution is -2.62. The van der Waals surface area contributed by atoms with Crippen LogP contribution in [0.25, 0.3) is 0 Å². The number of imide groups is 1. The van der Waals surface area contributed by atoms with Crippen LogP contribution in [-0.4, -0.2) is 72.8 Å². The van der Waals surface area contributed by atoms with Gasteiger partial charge in [-0.1, -0.05) is 0 Å². The van der Waals surface area contributed by atoms with E-state index in [9.17, 15) is 45.2 Å². The van der Waals surface area contributed by atoms with Crippen LogP contribution >= 0.6 is 0 Å². The van der Waals surface area contributed by atoms with Crippen molar-refractivity contribution >= 4 is 39.5 Å². The molecule has 17 heteroatoms. The van der Waals surface area contributed by atoms with Gasteiger partial charge >= 0.3 is 12.4 Å². The number of hydrogen-bond acceptors (Lipinski definition) is 7. The fourth-order valence-corrected chi connectivity index (χ4v) is 7.13. The van der Waals surface area contributed by atoms with Crippen molar-refractivity contribution in [2.45, 2.75) is 64.4 Å². The number of piperidine rings is 1. The fourth-order valence-electron chi connectivity index (χ4n) is 5.67. The Morgan fingerprint density at radius 1 is 1.07 bits per heavy atom. The molecule has 2 aliphatic rings. The molecule has 0 spiro atoms. The highest BCUT2D eigenvalue weighted by atomic mass is 32.2. The highest BCUT2D eigenvalue weighted by Crippen LogP contribution is 2.33. The number of rotatable bonds is 9. The lowest BCUT2D eigenvalue weighted by atomic mass is 9.87. The van der Waals surface area contributed by atoms with Crippen LogP contribution in [-0.2, 0) is 26.0 Å². The van der Waals surface area contributed by atoms with Gasteiger partial charge in [-0.3, -0.25) is 24.6 Å². The van der Waals surface area contributed by atoms with Gasteiger partial charge in [0.15, 0.2) is 11.6 Å². The summed E-state index contributed by atoms with van der Waals surface area (Å²) in [6.45, 7) is 6.38. The van der Waals surface area contributed by atoms with Gasteiger partial charge in [-0.15, -0.1) is 13.2 Å². The maximum Gasteiger partial charge on any atom is 0.573 e. The summed E-state index contributed by atoms with van der Waals surface area (Å²) in [6, 6.07) is 4.89. The summed E-state index contributed by atoms with van der Waals surface area (Å²) in [6.07, 6.45) is -5.54. The molecular formula is C29H33F4N5O7S. The Kier molecular flexibility index (Phi) is 9.16. The predicted molar refractivity (Wildman–Crippen MR) is 157 cm³/mol. The van der Waals surface area contributed by atoms with Crippen LogP contribution in [0.5, 0.6) is 5.75 Å². The van der Waals surface area contributed by atoms with Gasteiger partial charge in [0.05, 0.1) is 5.75 Å². The number of benzene rings is 2.